The second-order valence-corrected chi connectivity index (χ2v) is 3.50. The van der Waals surface area contributed by atoms with Crippen molar-refractivity contribution in [2.45, 2.75) is 6.54 Å². The van der Waals surface area contributed by atoms with Crippen LogP contribution < -0.4 is 5.32 Å². The number of hydrogen-bond acceptors (Lipinski definition) is 3. The van der Waals surface area contributed by atoms with Gasteiger partial charge in [0.05, 0.1) is 18.2 Å². The van der Waals surface area contributed by atoms with E-state index in [9.17, 15) is 0 Å². The van der Waals surface area contributed by atoms with Crippen molar-refractivity contribution in [3.8, 4) is 6.07 Å². The number of nitriles is 1. The molecule has 16 heavy (non-hydrogen) atoms. The molecule has 0 amide bonds. The lowest BCUT2D eigenvalue weighted by Crippen LogP contribution is -2.05. The maximum atomic E-state index is 8.76. The molecular formula is C12H12N4. The van der Waals surface area contributed by atoms with Gasteiger partial charge in [-0.1, -0.05) is 6.07 Å². The highest BCUT2D eigenvalue weighted by atomic mass is 15.1. The second-order valence-electron chi connectivity index (χ2n) is 3.50. The van der Waals surface area contributed by atoms with Crippen LogP contribution in [0.3, 0.4) is 0 Å². The molecule has 0 unspecified atom stereocenters. The molecule has 1 N–H and O–H groups in total. The summed E-state index contributed by atoms with van der Waals surface area (Å²) in [6.07, 6.45) is 3.67. The molecule has 0 spiro atoms. The highest BCUT2D eigenvalue weighted by molar-refractivity contribution is 5.49. The molecule has 2 rings (SSSR count). The first-order valence-corrected chi connectivity index (χ1v) is 5.00. The zero-order valence-corrected chi connectivity index (χ0v) is 9.01. The molecule has 4 nitrogen and oxygen atoms in total. The number of rotatable bonds is 3. The Hall–Kier alpha value is -2.28. The van der Waals surface area contributed by atoms with Gasteiger partial charge in [0, 0.05) is 25.1 Å². The Morgan fingerprint density at radius 2 is 2.38 bits per heavy atom. The zero-order valence-electron chi connectivity index (χ0n) is 9.01. The van der Waals surface area contributed by atoms with Crippen molar-refractivity contribution in [1.82, 2.24) is 9.55 Å². The van der Waals surface area contributed by atoms with Crippen LogP contribution in [-0.2, 0) is 13.6 Å². The number of imidazole rings is 1. The summed E-state index contributed by atoms with van der Waals surface area (Å²) >= 11 is 0. The third-order valence-electron chi connectivity index (χ3n) is 2.36. The standard InChI is InChI=1S/C12H12N4/c1-16-6-5-14-12(16)9-15-11-4-2-3-10(7-11)8-13/h2-7,15H,9H2,1H3. The maximum Gasteiger partial charge on any atom is 0.127 e. The first-order chi connectivity index (χ1) is 7.79. The molecule has 4 heteroatoms. The Labute approximate surface area is 94.2 Å². The van der Waals surface area contributed by atoms with Crippen LogP contribution in [0.15, 0.2) is 36.7 Å². The summed E-state index contributed by atoms with van der Waals surface area (Å²) in [4.78, 5) is 4.21. The summed E-state index contributed by atoms with van der Waals surface area (Å²) in [6, 6.07) is 9.51. The van der Waals surface area contributed by atoms with Gasteiger partial charge in [0.25, 0.3) is 0 Å². The van der Waals surface area contributed by atoms with E-state index in [2.05, 4.69) is 16.4 Å². The SMILES string of the molecule is Cn1ccnc1CNc1cccc(C#N)c1. The number of anilines is 1. The molecule has 0 atom stereocenters. The van der Waals surface area contributed by atoms with Gasteiger partial charge in [-0.25, -0.2) is 4.98 Å². The Kier molecular flexibility index (Phi) is 2.88. The quantitative estimate of drug-likeness (QED) is 0.845. The van der Waals surface area contributed by atoms with Crippen molar-refractivity contribution in [2.24, 2.45) is 7.05 Å². The fourth-order valence-electron chi connectivity index (χ4n) is 1.45. The average Bonchev–Trinajstić information content (AvgIpc) is 2.72. The number of aromatic nitrogens is 2. The van der Waals surface area contributed by atoms with E-state index in [0.717, 1.165) is 11.5 Å². The number of benzene rings is 1. The van der Waals surface area contributed by atoms with Crippen molar-refractivity contribution >= 4 is 5.69 Å². The Morgan fingerprint density at radius 1 is 1.50 bits per heavy atom. The molecular weight excluding hydrogens is 200 g/mol. The predicted octanol–water partition coefficient (Wildman–Crippen LogP) is 1.90. The van der Waals surface area contributed by atoms with Crippen LogP contribution in [0, 0.1) is 11.3 Å². The van der Waals surface area contributed by atoms with Gasteiger partial charge in [-0.3, -0.25) is 0 Å². The summed E-state index contributed by atoms with van der Waals surface area (Å²) in [5, 5.41) is 12.0. The Morgan fingerprint density at radius 3 is 3.06 bits per heavy atom. The molecule has 0 aliphatic rings. The van der Waals surface area contributed by atoms with Gasteiger partial charge in [-0.2, -0.15) is 5.26 Å². The molecule has 0 radical (unpaired) electrons. The topological polar surface area (TPSA) is 53.6 Å². The first kappa shape index (κ1) is 10.2. The van der Waals surface area contributed by atoms with Crippen molar-refractivity contribution in [1.29, 1.82) is 5.26 Å². The van der Waals surface area contributed by atoms with E-state index in [1.807, 2.05) is 36.0 Å². The van der Waals surface area contributed by atoms with E-state index in [4.69, 9.17) is 5.26 Å². The predicted molar refractivity (Wildman–Crippen MR) is 61.7 cm³/mol. The highest BCUT2D eigenvalue weighted by Crippen LogP contribution is 2.10. The van der Waals surface area contributed by atoms with Crippen LogP contribution >= 0.6 is 0 Å². The number of nitrogens with zero attached hydrogens (tertiary/aromatic N) is 3. The average molecular weight is 212 g/mol. The van der Waals surface area contributed by atoms with Gasteiger partial charge in [-0.15, -0.1) is 0 Å². The largest absolute Gasteiger partial charge is 0.378 e. The van der Waals surface area contributed by atoms with Gasteiger partial charge in [0.15, 0.2) is 0 Å². The van der Waals surface area contributed by atoms with Crippen molar-refractivity contribution < 1.29 is 0 Å². The van der Waals surface area contributed by atoms with Gasteiger partial charge in [-0.05, 0) is 18.2 Å². The molecule has 0 fully saturated rings. The molecule has 0 aliphatic carbocycles. The van der Waals surface area contributed by atoms with E-state index in [1.54, 1.807) is 12.3 Å². The fraction of sp³-hybridized carbons (Fsp3) is 0.167. The minimum Gasteiger partial charge on any atom is -0.378 e. The van der Waals surface area contributed by atoms with E-state index >= 15 is 0 Å². The summed E-state index contributed by atoms with van der Waals surface area (Å²) < 4.78 is 1.96. The lowest BCUT2D eigenvalue weighted by molar-refractivity contribution is 0.813. The van der Waals surface area contributed by atoms with Crippen LogP contribution in [0.4, 0.5) is 5.69 Å². The van der Waals surface area contributed by atoms with Gasteiger partial charge >= 0.3 is 0 Å². The number of nitrogens with one attached hydrogen (secondary N) is 1. The molecule has 0 aliphatic heterocycles. The normalized spacial score (nSPS) is 9.75. The molecule has 80 valence electrons. The van der Waals surface area contributed by atoms with Crippen molar-refractivity contribution in [3.63, 3.8) is 0 Å². The molecule has 0 saturated carbocycles. The summed E-state index contributed by atoms with van der Waals surface area (Å²) in [7, 11) is 1.95. The summed E-state index contributed by atoms with van der Waals surface area (Å²) in [6.45, 7) is 0.651. The van der Waals surface area contributed by atoms with Crippen molar-refractivity contribution in [3.05, 3.63) is 48.0 Å². The highest BCUT2D eigenvalue weighted by Gasteiger charge is 1.99. The van der Waals surface area contributed by atoms with Crippen LogP contribution in [0.1, 0.15) is 11.4 Å². The molecule has 0 bridgehead atoms. The summed E-state index contributed by atoms with van der Waals surface area (Å²) in [5.74, 6) is 0.961. The third-order valence-corrected chi connectivity index (χ3v) is 2.36. The number of hydrogen-bond donors (Lipinski definition) is 1. The van der Waals surface area contributed by atoms with Crippen LogP contribution in [0.5, 0.6) is 0 Å². The van der Waals surface area contributed by atoms with Crippen LogP contribution in [0.25, 0.3) is 0 Å². The third kappa shape index (κ3) is 2.20. The lowest BCUT2D eigenvalue weighted by Gasteiger charge is -2.06. The molecule has 1 heterocycles. The molecule has 1 aromatic carbocycles. The molecule has 0 saturated heterocycles. The molecule has 1 aromatic heterocycles. The van der Waals surface area contributed by atoms with Gasteiger partial charge < -0.3 is 9.88 Å². The fourth-order valence-corrected chi connectivity index (χ4v) is 1.45. The minimum atomic E-state index is 0.651. The zero-order chi connectivity index (χ0) is 11.4. The first-order valence-electron chi connectivity index (χ1n) is 5.00. The summed E-state index contributed by atoms with van der Waals surface area (Å²) in [5.41, 5.74) is 1.59. The Bertz CT molecular complexity index is 522. The second kappa shape index (κ2) is 4.49. The lowest BCUT2D eigenvalue weighted by atomic mass is 10.2. The minimum absolute atomic E-state index is 0.651. The Balaban J connectivity index is 2.05. The monoisotopic (exact) mass is 212 g/mol. The van der Waals surface area contributed by atoms with Crippen LogP contribution in [0.2, 0.25) is 0 Å². The van der Waals surface area contributed by atoms with Gasteiger partial charge in [0.2, 0.25) is 0 Å². The van der Waals surface area contributed by atoms with Crippen molar-refractivity contribution in [2.75, 3.05) is 5.32 Å². The van der Waals surface area contributed by atoms with E-state index in [0.29, 0.717) is 12.1 Å². The van der Waals surface area contributed by atoms with E-state index in [1.165, 1.54) is 0 Å². The van der Waals surface area contributed by atoms with E-state index in [-0.39, 0.29) is 0 Å². The molecule has 2 aromatic rings. The smallest absolute Gasteiger partial charge is 0.127 e. The van der Waals surface area contributed by atoms with E-state index < -0.39 is 0 Å². The number of aryl methyl sites for hydroxylation is 1. The maximum absolute atomic E-state index is 8.76. The van der Waals surface area contributed by atoms with Crippen LogP contribution in [-0.4, -0.2) is 9.55 Å². The van der Waals surface area contributed by atoms with Gasteiger partial charge in [0.1, 0.15) is 5.82 Å².